The third-order valence-corrected chi connectivity index (χ3v) is 5.77. The van der Waals surface area contributed by atoms with Crippen LogP contribution in [0.3, 0.4) is 0 Å². The summed E-state index contributed by atoms with van der Waals surface area (Å²) in [5.41, 5.74) is 0.287. The van der Waals surface area contributed by atoms with E-state index in [1.165, 1.54) is 0 Å². The molecule has 5 heteroatoms. The van der Waals surface area contributed by atoms with E-state index in [9.17, 15) is 14.4 Å². The summed E-state index contributed by atoms with van der Waals surface area (Å²) in [6, 6.07) is 5.19. The highest BCUT2D eigenvalue weighted by Gasteiger charge is 2.50. The SMILES string of the molecule is CCSc1ccc(C(=O)C2C(=O)C3CCC(C3)C2=O)c(Cl)c1. The molecule has 0 spiro atoms. The molecule has 0 saturated heterocycles. The molecule has 3 rings (SSSR count). The van der Waals surface area contributed by atoms with Crippen molar-refractivity contribution in [2.45, 2.75) is 31.1 Å². The summed E-state index contributed by atoms with van der Waals surface area (Å²) in [6.45, 7) is 2.03. The summed E-state index contributed by atoms with van der Waals surface area (Å²) in [5.74, 6) is -1.29. The second kappa shape index (κ2) is 6.17. The van der Waals surface area contributed by atoms with Crippen LogP contribution in [-0.2, 0) is 9.59 Å². The molecule has 2 bridgehead atoms. The van der Waals surface area contributed by atoms with E-state index in [1.54, 1.807) is 23.9 Å². The van der Waals surface area contributed by atoms with Gasteiger partial charge in [0, 0.05) is 22.3 Å². The highest BCUT2D eigenvalue weighted by Crippen LogP contribution is 2.41. The number of carbonyl (C=O) groups is 3. The van der Waals surface area contributed by atoms with Gasteiger partial charge >= 0.3 is 0 Å². The molecule has 1 aromatic carbocycles. The van der Waals surface area contributed by atoms with Crippen LogP contribution in [0.4, 0.5) is 0 Å². The van der Waals surface area contributed by atoms with Crippen molar-refractivity contribution in [1.29, 1.82) is 0 Å². The smallest absolute Gasteiger partial charge is 0.182 e. The van der Waals surface area contributed by atoms with Gasteiger partial charge in [-0.15, -0.1) is 11.8 Å². The van der Waals surface area contributed by atoms with E-state index >= 15 is 0 Å². The number of carbonyl (C=O) groups excluding carboxylic acids is 3. The Hall–Kier alpha value is -1.13. The molecule has 2 aliphatic rings. The summed E-state index contributed by atoms with van der Waals surface area (Å²) in [5, 5.41) is 0.321. The number of ketones is 3. The van der Waals surface area contributed by atoms with E-state index in [0.717, 1.165) is 23.5 Å². The Labute approximate surface area is 138 Å². The summed E-state index contributed by atoms with van der Waals surface area (Å²) in [4.78, 5) is 38.5. The zero-order valence-electron chi connectivity index (χ0n) is 12.3. The number of fused-ring (bicyclic) bond motifs is 2. The second-order valence-corrected chi connectivity index (χ2v) is 7.63. The van der Waals surface area contributed by atoms with Gasteiger partial charge in [0.2, 0.25) is 0 Å². The molecule has 0 aromatic heterocycles. The molecule has 2 aliphatic carbocycles. The van der Waals surface area contributed by atoms with Gasteiger partial charge in [-0.25, -0.2) is 0 Å². The Morgan fingerprint density at radius 2 is 1.86 bits per heavy atom. The first-order valence-electron chi connectivity index (χ1n) is 7.57. The van der Waals surface area contributed by atoms with Gasteiger partial charge in [-0.3, -0.25) is 14.4 Å². The molecule has 3 nitrogen and oxygen atoms in total. The third kappa shape index (κ3) is 2.63. The van der Waals surface area contributed by atoms with Crippen molar-refractivity contribution in [3.63, 3.8) is 0 Å². The first-order valence-corrected chi connectivity index (χ1v) is 8.93. The minimum Gasteiger partial charge on any atom is -0.298 e. The second-order valence-electron chi connectivity index (χ2n) is 5.88. The number of hydrogen-bond donors (Lipinski definition) is 0. The van der Waals surface area contributed by atoms with Gasteiger partial charge in [0.15, 0.2) is 17.3 Å². The molecule has 0 radical (unpaired) electrons. The van der Waals surface area contributed by atoms with Gasteiger partial charge in [0.05, 0.1) is 5.02 Å². The number of rotatable bonds is 4. The molecule has 116 valence electrons. The fourth-order valence-corrected chi connectivity index (χ4v) is 4.51. The number of thioether (sulfide) groups is 1. The van der Waals surface area contributed by atoms with Crippen LogP contribution in [0.25, 0.3) is 0 Å². The largest absolute Gasteiger partial charge is 0.298 e. The fraction of sp³-hybridized carbons (Fsp3) is 0.471. The molecule has 0 N–H and O–H groups in total. The predicted octanol–water partition coefficient (Wildman–Crippen LogP) is 3.82. The summed E-state index contributed by atoms with van der Waals surface area (Å²) in [6.07, 6.45) is 2.10. The van der Waals surface area contributed by atoms with Crippen molar-refractivity contribution in [1.82, 2.24) is 0 Å². The lowest BCUT2D eigenvalue weighted by molar-refractivity contribution is -0.137. The minimum atomic E-state index is -1.13. The van der Waals surface area contributed by atoms with E-state index in [1.807, 2.05) is 13.0 Å². The molecular formula is C17H17ClO3S. The molecular weight excluding hydrogens is 320 g/mol. The van der Waals surface area contributed by atoms with Crippen molar-refractivity contribution in [3.05, 3.63) is 28.8 Å². The molecule has 2 unspecified atom stereocenters. The van der Waals surface area contributed by atoms with E-state index in [2.05, 4.69) is 0 Å². The van der Waals surface area contributed by atoms with Gasteiger partial charge in [0.25, 0.3) is 0 Å². The van der Waals surface area contributed by atoms with Crippen LogP contribution in [-0.4, -0.2) is 23.1 Å². The van der Waals surface area contributed by atoms with Crippen LogP contribution < -0.4 is 0 Å². The number of hydrogen-bond acceptors (Lipinski definition) is 4. The Bertz CT molecular complexity index is 633. The fourth-order valence-electron chi connectivity index (χ4n) is 3.48. The monoisotopic (exact) mass is 336 g/mol. The average molecular weight is 337 g/mol. The summed E-state index contributed by atoms with van der Waals surface area (Å²) in [7, 11) is 0. The van der Waals surface area contributed by atoms with E-state index in [-0.39, 0.29) is 29.0 Å². The van der Waals surface area contributed by atoms with Gasteiger partial charge in [-0.2, -0.15) is 0 Å². The van der Waals surface area contributed by atoms with Crippen LogP contribution in [0.2, 0.25) is 5.02 Å². The first kappa shape index (κ1) is 15.8. The van der Waals surface area contributed by atoms with Gasteiger partial charge < -0.3 is 0 Å². The molecule has 0 heterocycles. The van der Waals surface area contributed by atoms with E-state index in [4.69, 9.17) is 11.6 Å². The van der Waals surface area contributed by atoms with Crippen LogP contribution in [0.5, 0.6) is 0 Å². The van der Waals surface area contributed by atoms with Crippen LogP contribution in [0.15, 0.2) is 23.1 Å². The maximum atomic E-state index is 12.7. The van der Waals surface area contributed by atoms with Crippen molar-refractivity contribution < 1.29 is 14.4 Å². The maximum Gasteiger partial charge on any atom is 0.182 e. The number of halogens is 1. The lowest BCUT2D eigenvalue weighted by Crippen LogP contribution is -2.41. The Morgan fingerprint density at radius 3 is 2.41 bits per heavy atom. The van der Waals surface area contributed by atoms with Crippen LogP contribution in [0, 0.1) is 17.8 Å². The van der Waals surface area contributed by atoms with Crippen molar-refractivity contribution in [2.75, 3.05) is 5.75 Å². The number of Topliss-reactive ketones (excluding diaryl/α,β-unsaturated/α-hetero) is 3. The molecule has 0 aliphatic heterocycles. The zero-order valence-corrected chi connectivity index (χ0v) is 13.9. The molecule has 2 fully saturated rings. The van der Waals surface area contributed by atoms with Crippen LogP contribution >= 0.6 is 23.4 Å². The Balaban J connectivity index is 1.90. The van der Waals surface area contributed by atoms with E-state index in [0.29, 0.717) is 11.4 Å². The highest BCUT2D eigenvalue weighted by molar-refractivity contribution is 7.99. The molecule has 2 saturated carbocycles. The van der Waals surface area contributed by atoms with E-state index < -0.39 is 11.7 Å². The number of benzene rings is 1. The molecule has 22 heavy (non-hydrogen) atoms. The summed E-state index contributed by atoms with van der Waals surface area (Å²) >= 11 is 7.83. The lowest BCUT2D eigenvalue weighted by Gasteiger charge is -2.24. The van der Waals surface area contributed by atoms with Gasteiger partial charge in [-0.1, -0.05) is 18.5 Å². The predicted molar refractivity (Wildman–Crippen MR) is 86.5 cm³/mol. The lowest BCUT2D eigenvalue weighted by atomic mass is 9.75. The first-order chi connectivity index (χ1) is 10.5. The van der Waals surface area contributed by atoms with Crippen molar-refractivity contribution in [2.24, 2.45) is 17.8 Å². The van der Waals surface area contributed by atoms with Crippen molar-refractivity contribution >= 4 is 40.7 Å². The highest BCUT2D eigenvalue weighted by atomic mass is 35.5. The Kier molecular flexibility index (Phi) is 4.42. The zero-order chi connectivity index (χ0) is 15.9. The summed E-state index contributed by atoms with van der Waals surface area (Å²) < 4.78 is 0. The Morgan fingerprint density at radius 1 is 1.23 bits per heavy atom. The minimum absolute atomic E-state index is 0.120. The molecule has 0 amide bonds. The quantitative estimate of drug-likeness (QED) is 0.476. The van der Waals surface area contributed by atoms with Gasteiger partial charge in [0.1, 0.15) is 5.92 Å². The van der Waals surface area contributed by atoms with Crippen molar-refractivity contribution in [3.8, 4) is 0 Å². The molecule has 1 aromatic rings. The topological polar surface area (TPSA) is 51.2 Å². The van der Waals surface area contributed by atoms with Gasteiger partial charge in [-0.05, 0) is 43.2 Å². The van der Waals surface area contributed by atoms with Crippen LogP contribution in [0.1, 0.15) is 36.5 Å². The standard InChI is InChI=1S/C17H17ClO3S/c1-2-22-11-5-6-12(13(18)8-11)17(21)14-15(19)9-3-4-10(7-9)16(14)20/h5-6,8-10,14H,2-4,7H2,1H3. The molecule has 2 atom stereocenters. The average Bonchev–Trinajstić information content (AvgIpc) is 2.93. The maximum absolute atomic E-state index is 12.7. The normalized spacial score (nSPS) is 27.3. The third-order valence-electron chi connectivity index (χ3n) is 4.59.